The molecule has 0 bridgehead atoms. The molecule has 1 aromatic heterocycles. The van der Waals surface area contributed by atoms with Crippen LogP contribution in [0.1, 0.15) is 31.3 Å². The van der Waals surface area contributed by atoms with E-state index in [0.29, 0.717) is 17.8 Å². The molecule has 14 heavy (non-hydrogen) atoms. The molecule has 1 rings (SSSR count). The van der Waals surface area contributed by atoms with Crippen molar-refractivity contribution in [3.8, 4) is 5.75 Å². The lowest BCUT2D eigenvalue weighted by atomic mass is 10.1. The monoisotopic (exact) mass is 197 g/mol. The van der Waals surface area contributed by atoms with E-state index in [-0.39, 0.29) is 5.75 Å². The number of aromatic hydroxyl groups is 1. The highest BCUT2D eigenvalue weighted by Crippen LogP contribution is 2.17. The summed E-state index contributed by atoms with van der Waals surface area (Å²) in [7, 11) is 1.72. The molecule has 4 heteroatoms. The average Bonchev–Trinajstić information content (AvgIpc) is 2.12. The summed E-state index contributed by atoms with van der Waals surface area (Å²) in [6.45, 7) is 3.44. The molecule has 0 saturated carbocycles. The van der Waals surface area contributed by atoms with Crippen molar-refractivity contribution in [2.75, 3.05) is 0 Å². The van der Waals surface area contributed by atoms with Gasteiger partial charge in [0.05, 0.1) is 17.5 Å². The summed E-state index contributed by atoms with van der Waals surface area (Å²) in [4.78, 5) is 11.3. The van der Waals surface area contributed by atoms with Crippen LogP contribution in [0, 0.1) is 0 Å². The van der Waals surface area contributed by atoms with Crippen LogP contribution < -0.4 is 5.43 Å². The summed E-state index contributed by atoms with van der Waals surface area (Å²) < 4.78 is 1.65. The van der Waals surface area contributed by atoms with Gasteiger partial charge in [-0.3, -0.25) is 4.79 Å². The normalized spacial score (nSPS) is 12.9. The van der Waals surface area contributed by atoms with Crippen LogP contribution in [0.2, 0.25) is 0 Å². The molecule has 0 aliphatic rings. The fourth-order valence-corrected chi connectivity index (χ4v) is 1.56. The average molecular weight is 197 g/mol. The fraction of sp³-hybridized carbons (Fsp3) is 0.500. The van der Waals surface area contributed by atoms with Crippen molar-refractivity contribution in [1.29, 1.82) is 0 Å². The molecule has 2 N–H and O–H groups in total. The molecule has 0 spiro atoms. The van der Waals surface area contributed by atoms with Gasteiger partial charge in [-0.15, -0.1) is 0 Å². The van der Waals surface area contributed by atoms with E-state index >= 15 is 0 Å². The zero-order chi connectivity index (χ0) is 10.9. The third-order valence-electron chi connectivity index (χ3n) is 2.34. The lowest BCUT2D eigenvalue weighted by molar-refractivity contribution is 0.188. The van der Waals surface area contributed by atoms with Gasteiger partial charge in [-0.1, -0.05) is 6.92 Å². The third-order valence-corrected chi connectivity index (χ3v) is 2.34. The van der Waals surface area contributed by atoms with Crippen molar-refractivity contribution >= 4 is 0 Å². The molecular formula is C10H15NO3. The number of rotatable bonds is 2. The van der Waals surface area contributed by atoms with E-state index in [2.05, 4.69) is 0 Å². The Balaban J connectivity index is 3.51. The molecule has 0 aliphatic heterocycles. The maximum Gasteiger partial charge on any atom is 0.223 e. The Morgan fingerprint density at radius 3 is 2.57 bits per heavy atom. The Labute approximate surface area is 82.4 Å². The molecule has 0 radical (unpaired) electrons. The molecule has 78 valence electrons. The van der Waals surface area contributed by atoms with Crippen LogP contribution in [0.5, 0.6) is 5.75 Å². The molecule has 1 unspecified atom stereocenters. The minimum Gasteiger partial charge on any atom is -0.503 e. The van der Waals surface area contributed by atoms with E-state index in [1.54, 1.807) is 18.5 Å². The number of hydrogen-bond acceptors (Lipinski definition) is 3. The first-order valence-corrected chi connectivity index (χ1v) is 4.58. The Morgan fingerprint density at radius 2 is 2.14 bits per heavy atom. The quantitative estimate of drug-likeness (QED) is 0.733. The van der Waals surface area contributed by atoms with E-state index in [4.69, 9.17) is 0 Å². The first-order valence-electron chi connectivity index (χ1n) is 4.58. The molecule has 0 aliphatic carbocycles. The van der Waals surface area contributed by atoms with Gasteiger partial charge in [0, 0.05) is 13.1 Å². The van der Waals surface area contributed by atoms with Crippen LogP contribution in [0.15, 0.2) is 10.9 Å². The molecule has 0 fully saturated rings. The number of aromatic nitrogens is 1. The minimum atomic E-state index is -0.710. The van der Waals surface area contributed by atoms with Crippen molar-refractivity contribution in [2.24, 2.45) is 7.05 Å². The van der Waals surface area contributed by atoms with E-state index in [1.807, 2.05) is 6.92 Å². The van der Waals surface area contributed by atoms with Crippen molar-refractivity contribution < 1.29 is 10.2 Å². The lowest BCUT2D eigenvalue weighted by Crippen LogP contribution is -2.16. The summed E-state index contributed by atoms with van der Waals surface area (Å²) in [5.74, 6) is -0.223. The van der Waals surface area contributed by atoms with Gasteiger partial charge >= 0.3 is 0 Å². The summed E-state index contributed by atoms with van der Waals surface area (Å²) >= 11 is 0. The van der Waals surface area contributed by atoms with Gasteiger partial charge in [0.15, 0.2) is 5.75 Å². The van der Waals surface area contributed by atoms with Crippen LogP contribution in [-0.4, -0.2) is 14.8 Å². The zero-order valence-electron chi connectivity index (χ0n) is 8.61. The van der Waals surface area contributed by atoms with Crippen LogP contribution in [0.4, 0.5) is 0 Å². The summed E-state index contributed by atoms with van der Waals surface area (Å²) in [5, 5.41) is 18.9. The third kappa shape index (κ3) is 1.65. The predicted molar refractivity (Wildman–Crippen MR) is 53.4 cm³/mol. The van der Waals surface area contributed by atoms with E-state index in [0.717, 1.165) is 0 Å². The SMILES string of the molecule is CCc1c(O)c(=O)cc(C(C)O)n1C. The Kier molecular flexibility index (Phi) is 2.96. The van der Waals surface area contributed by atoms with Crippen molar-refractivity contribution in [2.45, 2.75) is 26.4 Å². The summed E-state index contributed by atoms with van der Waals surface area (Å²) in [5.41, 5.74) is 0.633. The zero-order valence-corrected chi connectivity index (χ0v) is 8.61. The van der Waals surface area contributed by atoms with Gasteiger partial charge < -0.3 is 14.8 Å². The molecule has 0 amide bonds. The molecule has 0 aromatic carbocycles. The highest BCUT2D eigenvalue weighted by Gasteiger charge is 2.13. The predicted octanol–water partition coefficient (Wildman–Crippen LogP) is 0.707. The highest BCUT2D eigenvalue weighted by molar-refractivity contribution is 5.30. The number of nitrogens with zero attached hydrogens (tertiary/aromatic N) is 1. The molecule has 0 saturated heterocycles. The van der Waals surface area contributed by atoms with Crippen molar-refractivity contribution in [1.82, 2.24) is 4.57 Å². The Hall–Kier alpha value is -1.29. The van der Waals surface area contributed by atoms with E-state index in [1.165, 1.54) is 6.07 Å². The fourth-order valence-electron chi connectivity index (χ4n) is 1.56. The number of aliphatic hydroxyl groups excluding tert-OH is 1. The second-order valence-corrected chi connectivity index (χ2v) is 3.32. The van der Waals surface area contributed by atoms with E-state index in [9.17, 15) is 15.0 Å². The standard InChI is InChI=1S/C10H15NO3/c1-4-7-10(14)9(13)5-8(6(2)12)11(7)3/h5-6,12,14H,4H2,1-3H3. The second kappa shape index (κ2) is 3.84. The minimum absolute atomic E-state index is 0.223. The molecular weight excluding hydrogens is 182 g/mol. The maximum absolute atomic E-state index is 11.3. The highest BCUT2D eigenvalue weighted by atomic mass is 16.3. The number of pyridine rings is 1. The number of aliphatic hydroxyl groups is 1. The smallest absolute Gasteiger partial charge is 0.223 e. The van der Waals surface area contributed by atoms with Gasteiger partial charge in [-0.25, -0.2) is 0 Å². The van der Waals surface area contributed by atoms with Gasteiger partial charge in [0.2, 0.25) is 5.43 Å². The lowest BCUT2D eigenvalue weighted by Gasteiger charge is -2.16. The van der Waals surface area contributed by atoms with Gasteiger partial charge in [-0.05, 0) is 13.3 Å². The first-order chi connectivity index (χ1) is 6.49. The molecule has 1 atom stereocenters. The Morgan fingerprint density at radius 1 is 1.57 bits per heavy atom. The number of hydrogen-bond donors (Lipinski definition) is 2. The van der Waals surface area contributed by atoms with Gasteiger partial charge in [0.25, 0.3) is 0 Å². The van der Waals surface area contributed by atoms with Crippen molar-refractivity contribution in [3.63, 3.8) is 0 Å². The van der Waals surface area contributed by atoms with Gasteiger partial charge in [-0.2, -0.15) is 0 Å². The van der Waals surface area contributed by atoms with Crippen LogP contribution in [0.25, 0.3) is 0 Å². The van der Waals surface area contributed by atoms with Gasteiger partial charge in [0.1, 0.15) is 0 Å². The molecule has 1 heterocycles. The van der Waals surface area contributed by atoms with Crippen LogP contribution in [0.3, 0.4) is 0 Å². The van der Waals surface area contributed by atoms with Crippen LogP contribution in [-0.2, 0) is 13.5 Å². The topological polar surface area (TPSA) is 62.5 Å². The summed E-state index contributed by atoms with van der Waals surface area (Å²) in [6, 6.07) is 1.26. The van der Waals surface area contributed by atoms with Crippen molar-refractivity contribution in [3.05, 3.63) is 27.7 Å². The Bertz CT molecular complexity index is 393. The summed E-state index contributed by atoms with van der Waals surface area (Å²) in [6.07, 6.45) is -0.156. The van der Waals surface area contributed by atoms with E-state index < -0.39 is 11.5 Å². The largest absolute Gasteiger partial charge is 0.503 e. The molecule has 4 nitrogen and oxygen atoms in total. The molecule has 1 aromatic rings. The van der Waals surface area contributed by atoms with Crippen LogP contribution >= 0.6 is 0 Å². The maximum atomic E-state index is 11.3. The second-order valence-electron chi connectivity index (χ2n) is 3.32. The first kappa shape index (κ1) is 10.8.